The van der Waals surface area contributed by atoms with Gasteiger partial charge in [0.05, 0.1) is 23.2 Å². The average Bonchev–Trinajstić information content (AvgIpc) is 3.11. The van der Waals surface area contributed by atoms with Crippen molar-refractivity contribution in [2.45, 2.75) is 13.2 Å². The topological polar surface area (TPSA) is 79.1 Å². The van der Waals surface area contributed by atoms with E-state index in [1.54, 1.807) is 7.11 Å². The molecule has 4 aromatic rings. The lowest BCUT2D eigenvalue weighted by Crippen LogP contribution is -2.03. The third kappa shape index (κ3) is 4.40. The van der Waals surface area contributed by atoms with E-state index in [4.69, 9.17) is 32.7 Å². The number of anilines is 1. The van der Waals surface area contributed by atoms with Gasteiger partial charge in [-0.2, -0.15) is 0 Å². The van der Waals surface area contributed by atoms with E-state index in [0.29, 0.717) is 28.1 Å². The van der Waals surface area contributed by atoms with Crippen molar-refractivity contribution in [3.63, 3.8) is 0 Å². The Kier molecular flexibility index (Phi) is 5.88. The van der Waals surface area contributed by atoms with Gasteiger partial charge in [0.1, 0.15) is 6.61 Å². The molecule has 0 spiro atoms. The van der Waals surface area contributed by atoms with Crippen molar-refractivity contribution in [2.24, 2.45) is 0 Å². The number of H-pyrrole nitrogens is 2. The molecule has 0 aliphatic carbocycles. The summed E-state index contributed by atoms with van der Waals surface area (Å²) >= 11 is 12.7. The van der Waals surface area contributed by atoms with Gasteiger partial charge in [-0.05, 0) is 42.0 Å². The summed E-state index contributed by atoms with van der Waals surface area (Å²) < 4.78 is 11.4. The van der Waals surface area contributed by atoms with Crippen molar-refractivity contribution in [1.82, 2.24) is 9.97 Å². The highest BCUT2D eigenvalue weighted by molar-refractivity contribution is 6.32. The summed E-state index contributed by atoms with van der Waals surface area (Å²) in [6.07, 6.45) is 0. The molecule has 154 valence electrons. The predicted octanol–water partition coefficient (Wildman–Crippen LogP) is 5.36. The molecular formula is C22H19Cl2N3O3. The van der Waals surface area contributed by atoms with Gasteiger partial charge in [-0.15, -0.1) is 0 Å². The SMILES string of the molecule is COc1cc(CNc2ccc3[nH]c(=O)[nH]c3c2)cc(Cl)c1OCc1ccccc1Cl. The number of aromatic amines is 2. The van der Waals surface area contributed by atoms with Crippen LogP contribution in [0.1, 0.15) is 11.1 Å². The maximum Gasteiger partial charge on any atom is 0.323 e. The summed E-state index contributed by atoms with van der Waals surface area (Å²) in [5, 5.41) is 4.40. The van der Waals surface area contributed by atoms with Crippen LogP contribution in [0.2, 0.25) is 10.0 Å². The maximum absolute atomic E-state index is 11.4. The Labute approximate surface area is 182 Å². The van der Waals surface area contributed by atoms with E-state index in [-0.39, 0.29) is 12.3 Å². The van der Waals surface area contributed by atoms with Gasteiger partial charge in [-0.25, -0.2) is 4.79 Å². The summed E-state index contributed by atoms with van der Waals surface area (Å²) in [5.41, 5.74) is 3.92. The van der Waals surface area contributed by atoms with Crippen LogP contribution in [-0.2, 0) is 13.2 Å². The predicted molar refractivity (Wildman–Crippen MR) is 120 cm³/mol. The van der Waals surface area contributed by atoms with E-state index in [9.17, 15) is 4.79 Å². The first-order chi connectivity index (χ1) is 14.5. The van der Waals surface area contributed by atoms with Gasteiger partial charge in [0, 0.05) is 22.8 Å². The Bertz CT molecular complexity index is 1250. The maximum atomic E-state index is 11.4. The van der Waals surface area contributed by atoms with Crippen molar-refractivity contribution in [1.29, 1.82) is 0 Å². The first-order valence-corrected chi connectivity index (χ1v) is 9.97. The first kappa shape index (κ1) is 20.2. The van der Waals surface area contributed by atoms with Crippen LogP contribution in [-0.4, -0.2) is 17.1 Å². The molecule has 1 aromatic heterocycles. The minimum atomic E-state index is -0.231. The number of ether oxygens (including phenoxy) is 2. The van der Waals surface area contributed by atoms with E-state index in [0.717, 1.165) is 27.8 Å². The number of halogens is 2. The van der Waals surface area contributed by atoms with Crippen LogP contribution >= 0.6 is 23.2 Å². The fourth-order valence-electron chi connectivity index (χ4n) is 3.13. The molecule has 0 saturated carbocycles. The van der Waals surface area contributed by atoms with Gasteiger partial charge in [-0.3, -0.25) is 0 Å². The molecule has 0 saturated heterocycles. The second-order valence-electron chi connectivity index (χ2n) is 6.68. The fourth-order valence-corrected chi connectivity index (χ4v) is 3.61. The quantitative estimate of drug-likeness (QED) is 0.359. The van der Waals surface area contributed by atoms with E-state index >= 15 is 0 Å². The third-order valence-corrected chi connectivity index (χ3v) is 5.28. The van der Waals surface area contributed by atoms with Crippen molar-refractivity contribution in [2.75, 3.05) is 12.4 Å². The lowest BCUT2D eigenvalue weighted by molar-refractivity contribution is 0.284. The number of methoxy groups -OCH3 is 1. The van der Waals surface area contributed by atoms with Gasteiger partial charge in [0.15, 0.2) is 11.5 Å². The molecule has 0 bridgehead atoms. The van der Waals surface area contributed by atoms with Crippen LogP contribution in [0.15, 0.2) is 59.4 Å². The van der Waals surface area contributed by atoms with Gasteiger partial charge < -0.3 is 24.8 Å². The highest BCUT2D eigenvalue weighted by Crippen LogP contribution is 2.37. The van der Waals surface area contributed by atoms with Crippen LogP contribution < -0.4 is 20.5 Å². The molecule has 6 nitrogen and oxygen atoms in total. The van der Waals surface area contributed by atoms with Gasteiger partial charge in [-0.1, -0.05) is 41.4 Å². The zero-order valence-corrected chi connectivity index (χ0v) is 17.6. The van der Waals surface area contributed by atoms with E-state index < -0.39 is 0 Å². The highest BCUT2D eigenvalue weighted by Gasteiger charge is 2.13. The van der Waals surface area contributed by atoms with Gasteiger partial charge >= 0.3 is 5.69 Å². The van der Waals surface area contributed by atoms with Gasteiger partial charge in [0.2, 0.25) is 0 Å². The minimum absolute atomic E-state index is 0.231. The normalized spacial score (nSPS) is 10.9. The van der Waals surface area contributed by atoms with E-state index in [1.807, 2.05) is 54.6 Å². The number of imidazole rings is 1. The van der Waals surface area contributed by atoms with Crippen LogP contribution in [0, 0.1) is 0 Å². The lowest BCUT2D eigenvalue weighted by atomic mass is 10.2. The number of hydrogen-bond donors (Lipinski definition) is 3. The Balaban J connectivity index is 1.49. The zero-order chi connectivity index (χ0) is 21.1. The molecule has 0 amide bonds. The smallest absolute Gasteiger partial charge is 0.323 e. The Morgan fingerprint density at radius 2 is 1.77 bits per heavy atom. The van der Waals surface area contributed by atoms with Crippen molar-refractivity contribution in [3.05, 3.63) is 86.3 Å². The van der Waals surface area contributed by atoms with Crippen LogP contribution in [0.5, 0.6) is 11.5 Å². The number of aromatic nitrogens is 2. The molecule has 4 rings (SSSR count). The van der Waals surface area contributed by atoms with E-state index in [1.165, 1.54) is 0 Å². The molecular weight excluding hydrogens is 425 g/mol. The Hall–Kier alpha value is -3.09. The minimum Gasteiger partial charge on any atom is -0.493 e. The summed E-state index contributed by atoms with van der Waals surface area (Å²) in [7, 11) is 1.57. The lowest BCUT2D eigenvalue weighted by Gasteiger charge is -2.15. The van der Waals surface area contributed by atoms with Crippen LogP contribution in [0.25, 0.3) is 11.0 Å². The zero-order valence-electron chi connectivity index (χ0n) is 16.1. The Morgan fingerprint density at radius 3 is 2.57 bits per heavy atom. The fraction of sp³-hybridized carbons (Fsp3) is 0.136. The summed E-state index contributed by atoms with van der Waals surface area (Å²) in [4.78, 5) is 16.9. The first-order valence-electron chi connectivity index (χ1n) is 9.22. The number of rotatable bonds is 7. The standard InChI is InChI=1S/C22H19Cl2N3O3/c1-29-20-9-13(11-25-15-6-7-18-19(10-15)27-22(28)26-18)8-17(24)21(20)30-12-14-4-2-3-5-16(14)23/h2-10,25H,11-12H2,1H3,(H2,26,27,28). The highest BCUT2D eigenvalue weighted by atomic mass is 35.5. The van der Waals surface area contributed by atoms with E-state index in [2.05, 4.69) is 15.3 Å². The molecule has 0 radical (unpaired) electrons. The second kappa shape index (κ2) is 8.73. The molecule has 0 aliphatic heterocycles. The monoisotopic (exact) mass is 443 g/mol. The molecule has 30 heavy (non-hydrogen) atoms. The molecule has 0 aliphatic rings. The molecule has 0 atom stereocenters. The number of hydrogen-bond acceptors (Lipinski definition) is 4. The second-order valence-corrected chi connectivity index (χ2v) is 7.50. The largest absolute Gasteiger partial charge is 0.493 e. The summed E-state index contributed by atoms with van der Waals surface area (Å²) in [6.45, 7) is 0.795. The molecule has 0 fully saturated rings. The van der Waals surface area contributed by atoms with Crippen molar-refractivity contribution >= 4 is 39.9 Å². The van der Waals surface area contributed by atoms with Crippen LogP contribution in [0.4, 0.5) is 5.69 Å². The number of fused-ring (bicyclic) bond motifs is 1. The molecule has 1 heterocycles. The van der Waals surface area contributed by atoms with Crippen molar-refractivity contribution in [3.8, 4) is 11.5 Å². The van der Waals surface area contributed by atoms with Crippen molar-refractivity contribution < 1.29 is 9.47 Å². The summed E-state index contributed by atoms with van der Waals surface area (Å²) in [6, 6.07) is 16.8. The molecule has 0 unspecified atom stereocenters. The Morgan fingerprint density at radius 1 is 0.967 bits per heavy atom. The van der Waals surface area contributed by atoms with Gasteiger partial charge in [0.25, 0.3) is 0 Å². The molecule has 8 heteroatoms. The molecule has 3 N–H and O–H groups in total. The average molecular weight is 444 g/mol. The third-order valence-electron chi connectivity index (χ3n) is 4.63. The number of benzene rings is 3. The number of nitrogens with one attached hydrogen (secondary N) is 3. The summed E-state index contributed by atoms with van der Waals surface area (Å²) in [5.74, 6) is 1.01. The van der Waals surface area contributed by atoms with Crippen LogP contribution in [0.3, 0.4) is 0 Å². The molecule has 3 aromatic carbocycles.